The van der Waals surface area contributed by atoms with Gasteiger partial charge in [-0.1, -0.05) is 250 Å². The fourth-order valence-electron chi connectivity index (χ4n) is 12.6. The second-order valence-corrected chi connectivity index (χ2v) is 33.4. The van der Waals surface area contributed by atoms with Crippen molar-refractivity contribution < 1.29 is 93.8 Å². The van der Waals surface area contributed by atoms with Crippen molar-refractivity contribution in [3.05, 3.63) is 245 Å². The van der Waals surface area contributed by atoms with Crippen molar-refractivity contribution in [3.8, 4) is 40.2 Å². The van der Waals surface area contributed by atoms with Crippen LogP contribution in [-0.2, 0) is 22.4 Å². The number of benzene rings is 8. The van der Waals surface area contributed by atoms with Gasteiger partial charge in [0.15, 0.2) is 0 Å². The lowest BCUT2D eigenvalue weighted by atomic mass is 10.1. The van der Waals surface area contributed by atoms with E-state index in [1.54, 1.807) is 19.0 Å². The van der Waals surface area contributed by atoms with E-state index in [1.807, 2.05) is 239 Å². The number of hydrogen-bond acceptors (Lipinski definition) is 19. The minimum absolute atomic E-state index is 0.112. The van der Waals surface area contributed by atoms with Gasteiger partial charge in [0, 0.05) is 33.5 Å². The van der Waals surface area contributed by atoms with Crippen LogP contribution in [0, 0.1) is 11.8 Å². The third kappa shape index (κ3) is 55.0. The van der Waals surface area contributed by atoms with Crippen molar-refractivity contribution in [1.82, 2.24) is 4.90 Å². The molecule has 0 saturated heterocycles. The maximum Gasteiger partial charge on any atom is 0.222 e. The lowest BCUT2D eigenvalue weighted by Crippen LogP contribution is -2.23. The fraction of sp³-hybridized carbons (Fsp3) is 0.537. The molecule has 720 valence electrons. The highest BCUT2D eigenvalue weighted by atomic mass is 16.5. The van der Waals surface area contributed by atoms with Crippen molar-refractivity contribution in [2.75, 3.05) is 67.0 Å². The highest BCUT2D eigenvalue weighted by Crippen LogP contribution is 2.30. The molecule has 0 saturated carbocycles. The summed E-state index contributed by atoms with van der Waals surface area (Å²) in [6.45, 7) is 27.7. The van der Waals surface area contributed by atoms with E-state index in [-0.39, 0.29) is 43.5 Å². The molecule has 0 aliphatic rings. The van der Waals surface area contributed by atoms with Gasteiger partial charge in [0.1, 0.15) is 72.8 Å². The highest BCUT2D eigenvalue weighted by Gasteiger charge is 2.17. The van der Waals surface area contributed by atoms with Crippen molar-refractivity contribution in [1.29, 1.82) is 0 Å². The van der Waals surface area contributed by atoms with Crippen LogP contribution in [-0.4, -0.2) is 153 Å². The molecule has 0 bridgehead atoms. The molecule has 2 amide bonds. The molecular formula is C108H164N2O19. The summed E-state index contributed by atoms with van der Waals surface area (Å²) in [6, 6.07) is 63.2. The summed E-state index contributed by atoms with van der Waals surface area (Å²) < 4.78 is 39.1. The zero-order chi connectivity index (χ0) is 95.4. The number of amides is 2. The van der Waals surface area contributed by atoms with Crippen LogP contribution in [0.5, 0.6) is 40.2 Å². The first-order valence-corrected chi connectivity index (χ1v) is 47.4. The van der Waals surface area contributed by atoms with Gasteiger partial charge in [-0.05, 0) is 238 Å². The molecule has 8 aromatic rings. The van der Waals surface area contributed by atoms with Gasteiger partial charge in [-0.2, -0.15) is 0 Å². The van der Waals surface area contributed by atoms with Crippen molar-refractivity contribution in [2.45, 2.75) is 299 Å². The molecular weight excluding hydrogens is 1630 g/mol. The van der Waals surface area contributed by atoms with Gasteiger partial charge in [0.05, 0.1) is 68.7 Å². The van der Waals surface area contributed by atoms with Crippen LogP contribution in [0.1, 0.15) is 312 Å². The number of primary amides is 1. The molecule has 12 N–H and O–H groups in total. The van der Waals surface area contributed by atoms with Gasteiger partial charge in [0.25, 0.3) is 0 Å². The highest BCUT2D eigenvalue weighted by molar-refractivity contribution is 5.75. The summed E-state index contributed by atoms with van der Waals surface area (Å²) in [5.41, 5.74) is 12.9. The van der Waals surface area contributed by atoms with Crippen LogP contribution in [0.25, 0.3) is 0 Å². The number of nitrogens with two attached hydrogens (primary N) is 1. The number of aliphatic hydroxyl groups is 10. The topological polar surface area (TPSA) is 330 Å². The normalized spacial score (nSPS) is 12.9. The summed E-state index contributed by atoms with van der Waals surface area (Å²) in [5, 5.41) is 97.3. The predicted octanol–water partition coefficient (Wildman–Crippen LogP) is 21.5. The smallest absolute Gasteiger partial charge is 0.222 e. The zero-order valence-corrected chi connectivity index (χ0v) is 80.4. The molecule has 0 heterocycles. The van der Waals surface area contributed by atoms with E-state index in [1.165, 1.54) is 36.8 Å². The van der Waals surface area contributed by atoms with Gasteiger partial charge < -0.3 is 94.9 Å². The maximum atomic E-state index is 11.4. The molecule has 0 radical (unpaired) electrons. The summed E-state index contributed by atoms with van der Waals surface area (Å²) in [7, 11) is 3.50. The van der Waals surface area contributed by atoms with Crippen LogP contribution in [0.4, 0.5) is 0 Å². The largest absolute Gasteiger partial charge is 0.494 e. The Balaban J connectivity index is 0.000000510. The van der Waals surface area contributed by atoms with E-state index in [0.717, 1.165) is 166 Å². The molecule has 0 aliphatic carbocycles. The SMILES string of the molecule is CCCC(O)COc1cccc(C(O)CCC)c1.CCCC(O)c1cccc(OCC(O)C(C)C)c1.CCCC(O)c1cccc(OCC(O)c2ccccc2)c1.CCCC(O)c1cccc(OCCCC(=O)N(C)C)c1.CCCC(O)c1cccc(OCCCC(N)=O)c1.CCCCc1cccc(OCC(O)C(C)C)c1.CCCCc1cccc(OCCCCCO)c1. The lowest BCUT2D eigenvalue weighted by molar-refractivity contribution is -0.128. The second kappa shape index (κ2) is 72.6. The van der Waals surface area contributed by atoms with E-state index < -0.39 is 54.9 Å². The number of aryl methyl sites for hydroxylation is 2. The number of hydrogen-bond donors (Lipinski definition) is 11. The van der Waals surface area contributed by atoms with E-state index in [4.69, 9.17) is 44.0 Å². The number of unbranched alkanes of at least 4 members (excludes halogenated alkanes) is 4. The number of ether oxygens (including phenoxy) is 7. The second-order valence-electron chi connectivity index (χ2n) is 33.4. The van der Waals surface area contributed by atoms with E-state index in [0.29, 0.717) is 75.1 Å². The fourth-order valence-corrected chi connectivity index (χ4v) is 12.6. The van der Waals surface area contributed by atoms with Crippen LogP contribution >= 0.6 is 0 Å². The Bertz CT molecular complexity index is 4090. The Morgan fingerprint density at radius 1 is 0.310 bits per heavy atom. The summed E-state index contributed by atoms with van der Waals surface area (Å²) in [5.74, 6) is 5.57. The number of rotatable bonds is 54. The van der Waals surface area contributed by atoms with Crippen molar-refractivity contribution >= 4 is 11.8 Å². The zero-order valence-electron chi connectivity index (χ0n) is 80.4. The van der Waals surface area contributed by atoms with Gasteiger partial charge in [-0.15, -0.1) is 0 Å². The molecule has 0 aromatic heterocycles. The first kappa shape index (κ1) is 116. The number of carbonyl (C=O) groups excluding carboxylic acids is 2. The third-order valence-corrected chi connectivity index (χ3v) is 20.7. The van der Waals surface area contributed by atoms with Crippen LogP contribution in [0.2, 0.25) is 0 Å². The monoisotopic (exact) mass is 1790 g/mol. The minimum Gasteiger partial charge on any atom is -0.494 e. The molecule has 129 heavy (non-hydrogen) atoms. The third-order valence-electron chi connectivity index (χ3n) is 20.7. The quantitative estimate of drug-likeness (QED) is 0.0158. The van der Waals surface area contributed by atoms with Crippen LogP contribution < -0.4 is 38.9 Å². The summed E-state index contributed by atoms with van der Waals surface area (Å²) >= 11 is 0. The van der Waals surface area contributed by atoms with Crippen molar-refractivity contribution in [2.24, 2.45) is 17.6 Å². The Morgan fingerprint density at radius 3 is 0.938 bits per heavy atom. The molecule has 8 aromatic carbocycles. The van der Waals surface area contributed by atoms with Crippen molar-refractivity contribution in [3.63, 3.8) is 0 Å². The van der Waals surface area contributed by atoms with Gasteiger partial charge >= 0.3 is 0 Å². The molecule has 9 unspecified atom stereocenters. The van der Waals surface area contributed by atoms with Gasteiger partial charge in [-0.3, -0.25) is 9.59 Å². The van der Waals surface area contributed by atoms with Gasteiger partial charge in [0.2, 0.25) is 11.8 Å². The van der Waals surface area contributed by atoms with E-state index in [2.05, 4.69) is 44.2 Å². The molecule has 0 spiro atoms. The lowest BCUT2D eigenvalue weighted by Gasteiger charge is -2.16. The van der Waals surface area contributed by atoms with E-state index in [9.17, 15) is 55.5 Å². The van der Waals surface area contributed by atoms with Crippen LogP contribution in [0.15, 0.2) is 200 Å². The number of aliphatic hydroxyl groups excluding tert-OH is 10. The Hall–Kier alpha value is -9.10. The molecule has 21 nitrogen and oxygen atoms in total. The summed E-state index contributed by atoms with van der Waals surface area (Å²) in [4.78, 5) is 23.6. The number of carbonyl (C=O) groups is 2. The van der Waals surface area contributed by atoms with Crippen LogP contribution in [0.3, 0.4) is 0 Å². The first-order valence-electron chi connectivity index (χ1n) is 47.4. The predicted molar refractivity (Wildman–Crippen MR) is 521 cm³/mol. The first-order chi connectivity index (χ1) is 62.1. The Morgan fingerprint density at radius 2 is 0.612 bits per heavy atom. The average molecular weight is 1790 g/mol. The maximum absolute atomic E-state index is 11.4. The Labute approximate surface area is 774 Å². The van der Waals surface area contributed by atoms with Gasteiger partial charge in [-0.25, -0.2) is 0 Å². The minimum atomic E-state index is -0.657. The van der Waals surface area contributed by atoms with E-state index >= 15 is 0 Å². The molecule has 8 rings (SSSR count). The average Bonchev–Trinajstić information content (AvgIpc) is 0.880. The molecule has 0 fully saturated rings. The number of nitrogens with zero attached hydrogens (tertiary/aromatic N) is 1. The summed E-state index contributed by atoms with van der Waals surface area (Å²) in [6.07, 6.45) is 18.1. The molecule has 21 heteroatoms. The molecule has 9 atom stereocenters. The Kier molecular flexibility index (Phi) is 65.2. The standard InChI is InChI=1S/C18H22O3.C16H25NO3.2C15H24O3.2C15H24O2.C14H21NO3/c1-2-7-17(19)15-10-6-11-16(12-15)21-13-18(20)14-8-4-3-5-9-14;1-4-7-15(18)13-8-5-9-14(12-13)20-11-6-10-16(19)17(2)3;1-4-6-14(16)12-7-5-8-13(9-12)18-10-15(17)11(2)3;1-3-6-13(16)11-18-14-9-5-8-12(10-14)15(17)7-4-2;1-4-5-7-13-8-6-9-14(10-13)17-11-15(16)12(2)3;1-2-3-8-14-9-7-10-15(13-14)17-12-6-4-5-11-16;1-2-5-13(16)11-6-3-7-12(10-11)18-9-4-8-14(15)17/h3-6,8-12,17-20H,2,7,13H2,1H3;5,8-9,12,15,18H,4,6-7,10-11H2,1-3H3;5,7-9,11,14-17H,4,6,10H2,1-3H3;5,8-10,13,15-17H,3-4,6-7,11H2,1-2H3;6,8-10,12,15-16H,4-5,7,11H2,1-3H3;7,9-10,13,16H,2-6,8,11-12H2,1H3;3,6-7,10,13,16H,2,4-5,8-9H2,1H3,(H2,15,17). The molecule has 0 aliphatic heterocycles.